The number of hydrogen-bond donors (Lipinski definition) is 1. The van der Waals surface area contributed by atoms with Crippen LogP contribution in [0.1, 0.15) is 18.9 Å². The predicted octanol–water partition coefficient (Wildman–Crippen LogP) is 1.70. The normalized spacial score (nSPS) is 24.3. The van der Waals surface area contributed by atoms with Gasteiger partial charge in [-0.2, -0.15) is 0 Å². The highest BCUT2D eigenvalue weighted by Gasteiger charge is 2.24. The highest BCUT2D eigenvalue weighted by atomic mass is 32.2. The summed E-state index contributed by atoms with van der Waals surface area (Å²) >= 11 is 0. The first-order chi connectivity index (χ1) is 8.47. The van der Waals surface area contributed by atoms with Crippen LogP contribution in [0.25, 0.3) is 0 Å². The molecule has 100 valence electrons. The van der Waals surface area contributed by atoms with Crippen LogP contribution in [-0.2, 0) is 14.8 Å². The van der Waals surface area contributed by atoms with E-state index in [2.05, 4.69) is 4.72 Å². The van der Waals surface area contributed by atoms with Crippen LogP contribution in [0, 0.1) is 12.8 Å². The molecule has 1 N–H and O–H groups in total. The van der Waals surface area contributed by atoms with E-state index in [1.165, 1.54) is 0 Å². The summed E-state index contributed by atoms with van der Waals surface area (Å²) in [7, 11) is -3.39. The van der Waals surface area contributed by atoms with Gasteiger partial charge in [0, 0.05) is 6.54 Å². The van der Waals surface area contributed by atoms with Crippen LogP contribution in [-0.4, -0.2) is 27.7 Å². The van der Waals surface area contributed by atoms with Gasteiger partial charge < -0.3 is 4.74 Å². The number of ether oxygens (including phenoxy) is 1. The molecule has 18 heavy (non-hydrogen) atoms. The smallest absolute Gasteiger partial charge is 0.240 e. The molecule has 1 saturated heterocycles. The lowest BCUT2D eigenvalue weighted by atomic mass is 10.1. The molecule has 0 bridgehead atoms. The quantitative estimate of drug-likeness (QED) is 0.905. The van der Waals surface area contributed by atoms with E-state index < -0.39 is 10.0 Å². The van der Waals surface area contributed by atoms with Crippen molar-refractivity contribution < 1.29 is 13.2 Å². The molecule has 5 heteroatoms. The zero-order valence-corrected chi connectivity index (χ0v) is 11.5. The molecule has 4 nitrogen and oxygen atoms in total. The topological polar surface area (TPSA) is 55.4 Å². The van der Waals surface area contributed by atoms with E-state index in [4.69, 9.17) is 4.74 Å². The third-order valence-electron chi connectivity index (χ3n) is 3.18. The van der Waals surface area contributed by atoms with Gasteiger partial charge in [0.15, 0.2) is 0 Å². The second-order valence-corrected chi connectivity index (χ2v) is 6.68. The zero-order valence-electron chi connectivity index (χ0n) is 10.7. The number of sulfonamides is 1. The van der Waals surface area contributed by atoms with Crippen LogP contribution >= 0.6 is 0 Å². The molecule has 1 fully saturated rings. The molecule has 2 atom stereocenters. The summed E-state index contributed by atoms with van der Waals surface area (Å²) in [5.41, 5.74) is 1.05. The van der Waals surface area contributed by atoms with Crippen molar-refractivity contribution in [3.05, 3.63) is 29.8 Å². The summed E-state index contributed by atoms with van der Waals surface area (Å²) in [5.74, 6) is 0.278. The molecule has 1 heterocycles. The summed E-state index contributed by atoms with van der Waals surface area (Å²) in [5, 5.41) is 0. The van der Waals surface area contributed by atoms with Gasteiger partial charge >= 0.3 is 0 Å². The number of aryl methyl sites for hydroxylation is 1. The molecule has 1 aromatic carbocycles. The molecule has 0 unspecified atom stereocenters. The minimum Gasteiger partial charge on any atom is -0.378 e. The molecular weight excluding hydrogens is 250 g/mol. The Morgan fingerprint density at radius 3 is 2.56 bits per heavy atom. The van der Waals surface area contributed by atoms with Crippen LogP contribution in [0.4, 0.5) is 0 Å². The molecule has 0 amide bonds. The molecule has 2 rings (SSSR count). The van der Waals surface area contributed by atoms with Crippen molar-refractivity contribution in [2.45, 2.75) is 31.3 Å². The maximum atomic E-state index is 12.0. The second kappa shape index (κ2) is 5.38. The van der Waals surface area contributed by atoms with E-state index >= 15 is 0 Å². The first-order valence-corrected chi connectivity index (χ1v) is 7.63. The Bertz CT molecular complexity index is 495. The van der Waals surface area contributed by atoms with Crippen LogP contribution in [0.5, 0.6) is 0 Å². The van der Waals surface area contributed by atoms with Crippen molar-refractivity contribution >= 4 is 10.0 Å². The highest BCUT2D eigenvalue weighted by Crippen LogP contribution is 2.19. The minimum absolute atomic E-state index is 0.235. The SMILES string of the molecule is Cc1ccc(S(=O)(=O)NC[C@H]2CO[C@H](C)C2)cc1. The fourth-order valence-electron chi connectivity index (χ4n) is 2.08. The lowest BCUT2D eigenvalue weighted by Gasteiger charge is -2.10. The van der Waals surface area contributed by atoms with E-state index in [0.29, 0.717) is 18.0 Å². The second-order valence-electron chi connectivity index (χ2n) is 4.91. The number of nitrogens with one attached hydrogen (secondary N) is 1. The predicted molar refractivity (Wildman–Crippen MR) is 69.9 cm³/mol. The summed E-state index contributed by atoms with van der Waals surface area (Å²) in [4.78, 5) is 0.320. The van der Waals surface area contributed by atoms with E-state index in [0.717, 1.165) is 12.0 Å². The van der Waals surface area contributed by atoms with Gasteiger partial charge in [0.05, 0.1) is 17.6 Å². The molecule has 0 radical (unpaired) electrons. The molecule has 0 spiro atoms. The van der Waals surface area contributed by atoms with Crippen LogP contribution in [0.3, 0.4) is 0 Å². The Labute approximate surface area is 108 Å². The van der Waals surface area contributed by atoms with Crippen molar-refractivity contribution in [2.24, 2.45) is 5.92 Å². The summed E-state index contributed by atoms with van der Waals surface area (Å²) in [6.07, 6.45) is 1.15. The molecule has 1 aliphatic rings. The Balaban J connectivity index is 1.97. The summed E-state index contributed by atoms with van der Waals surface area (Å²) in [6.45, 7) is 5.02. The van der Waals surface area contributed by atoms with Gasteiger partial charge in [-0.3, -0.25) is 0 Å². The molecular formula is C13H19NO3S. The van der Waals surface area contributed by atoms with Gasteiger partial charge in [0.2, 0.25) is 10.0 Å². The average molecular weight is 269 g/mol. The van der Waals surface area contributed by atoms with Crippen LogP contribution in [0.2, 0.25) is 0 Å². The lowest BCUT2D eigenvalue weighted by Crippen LogP contribution is -2.29. The average Bonchev–Trinajstić information content (AvgIpc) is 2.73. The minimum atomic E-state index is -3.39. The Morgan fingerprint density at radius 2 is 2.00 bits per heavy atom. The number of benzene rings is 1. The van der Waals surface area contributed by atoms with Gasteiger partial charge in [0.25, 0.3) is 0 Å². The van der Waals surface area contributed by atoms with Crippen molar-refractivity contribution in [1.29, 1.82) is 0 Å². The number of hydrogen-bond acceptors (Lipinski definition) is 3. The lowest BCUT2D eigenvalue weighted by molar-refractivity contribution is 0.120. The molecule has 0 saturated carbocycles. The summed E-state index contributed by atoms with van der Waals surface area (Å²) < 4.78 is 32.1. The standard InChI is InChI=1S/C13H19NO3S/c1-10-3-5-13(6-4-10)18(15,16)14-8-12-7-11(2)17-9-12/h3-6,11-12,14H,7-9H2,1-2H3/t11-,12+/m1/s1. The maximum Gasteiger partial charge on any atom is 0.240 e. The monoisotopic (exact) mass is 269 g/mol. The van der Waals surface area contributed by atoms with E-state index in [-0.39, 0.29) is 12.0 Å². The third-order valence-corrected chi connectivity index (χ3v) is 4.61. The maximum absolute atomic E-state index is 12.0. The van der Waals surface area contributed by atoms with E-state index in [9.17, 15) is 8.42 Å². The summed E-state index contributed by atoms with van der Waals surface area (Å²) in [6, 6.07) is 6.86. The third kappa shape index (κ3) is 3.31. The molecule has 1 aromatic rings. The van der Waals surface area contributed by atoms with Crippen molar-refractivity contribution in [3.63, 3.8) is 0 Å². The van der Waals surface area contributed by atoms with Crippen molar-refractivity contribution in [1.82, 2.24) is 4.72 Å². The fraction of sp³-hybridized carbons (Fsp3) is 0.538. The van der Waals surface area contributed by atoms with E-state index in [1.807, 2.05) is 13.8 Å². The Kier molecular flexibility index (Phi) is 4.04. The van der Waals surface area contributed by atoms with Crippen LogP contribution < -0.4 is 4.72 Å². The van der Waals surface area contributed by atoms with Gasteiger partial charge in [-0.1, -0.05) is 17.7 Å². The first kappa shape index (κ1) is 13.5. The fourth-order valence-corrected chi connectivity index (χ4v) is 3.19. The molecule has 1 aliphatic heterocycles. The molecule has 0 aromatic heterocycles. The zero-order chi connectivity index (χ0) is 13.2. The highest BCUT2D eigenvalue weighted by molar-refractivity contribution is 7.89. The van der Waals surface area contributed by atoms with Gasteiger partial charge in [-0.25, -0.2) is 13.1 Å². The van der Waals surface area contributed by atoms with Gasteiger partial charge in [0.1, 0.15) is 0 Å². The molecule has 0 aliphatic carbocycles. The van der Waals surface area contributed by atoms with Crippen molar-refractivity contribution in [3.8, 4) is 0 Å². The van der Waals surface area contributed by atoms with E-state index in [1.54, 1.807) is 24.3 Å². The van der Waals surface area contributed by atoms with Crippen molar-refractivity contribution in [2.75, 3.05) is 13.2 Å². The van der Waals surface area contributed by atoms with Gasteiger partial charge in [-0.15, -0.1) is 0 Å². The van der Waals surface area contributed by atoms with Gasteiger partial charge in [-0.05, 0) is 38.3 Å². The largest absolute Gasteiger partial charge is 0.378 e. The van der Waals surface area contributed by atoms with Crippen LogP contribution in [0.15, 0.2) is 29.2 Å². The Morgan fingerprint density at radius 1 is 1.33 bits per heavy atom. The number of rotatable bonds is 4. The first-order valence-electron chi connectivity index (χ1n) is 6.15. The Hall–Kier alpha value is -0.910.